The van der Waals surface area contributed by atoms with E-state index in [2.05, 4.69) is 18.9 Å². The molecule has 1 aromatic rings. The molecule has 3 aliphatic rings. The summed E-state index contributed by atoms with van der Waals surface area (Å²) in [7, 11) is 0. The van der Waals surface area contributed by atoms with Gasteiger partial charge in [-0.15, -0.1) is 6.42 Å². The number of aliphatic hydroxyl groups is 1. The first-order chi connectivity index (χ1) is 10.5. The number of terminal acetylenes is 1. The van der Waals surface area contributed by atoms with Crippen molar-refractivity contribution in [3.63, 3.8) is 0 Å². The first-order valence-electron chi connectivity index (χ1n) is 8.50. The Kier molecular flexibility index (Phi) is 2.91. The van der Waals surface area contributed by atoms with Crippen LogP contribution in [0.4, 0.5) is 0 Å². The quantitative estimate of drug-likeness (QED) is 0.718. The number of hydrogen-bond acceptors (Lipinski definition) is 2. The Morgan fingerprint density at radius 3 is 2.82 bits per heavy atom. The molecule has 2 saturated carbocycles. The van der Waals surface area contributed by atoms with Crippen molar-refractivity contribution in [3.8, 4) is 18.1 Å². The van der Waals surface area contributed by atoms with Gasteiger partial charge in [0.2, 0.25) is 0 Å². The maximum absolute atomic E-state index is 10.9. The third-order valence-corrected chi connectivity index (χ3v) is 7.10. The average Bonchev–Trinajstić information content (AvgIpc) is 2.79. The Bertz CT molecular complexity index is 658. The van der Waals surface area contributed by atoms with E-state index in [0.29, 0.717) is 23.5 Å². The fourth-order valence-electron chi connectivity index (χ4n) is 5.82. The zero-order valence-electron chi connectivity index (χ0n) is 13.2. The number of rotatable bonds is 0. The van der Waals surface area contributed by atoms with E-state index in [9.17, 15) is 10.2 Å². The summed E-state index contributed by atoms with van der Waals surface area (Å²) in [6, 6.07) is 5.87. The molecular weight excluding hydrogens is 272 g/mol. The van der Waals surface area contributed by atoms with Crippen molar-refractivity contribution in [2.75, 3.05) is 0 Å². The summed E-state index contributed by atoms with van der Waals surface area (Å²) in [5.74, 6) is 4.82. The molecule has 0 saturated heterocycles. The van der Waals surface area contributed by atoms with Gasteiger partial charge < -0.3 is 10.2 Å². The lowest BCUT2D eigenvalue weighted by Crippen LogP contribution is -2.50. The maximum atomic E-state index is 10.9. The van der Waals surface area contributed by atoms with Crippen molar-refractivity contribution in [1.29, 1.82) is 0 Å². The van der Waals surface area contributed by atoms with Crippen LogP contribution >= 0.6 is 0 Å². The van der Waals surface area contributed by atoms with Crippen LogP contribution in [-0.4, -0.2) is 15.8 Å². The van der Waals surface area contributed by atoms with Crippen LogP contribution in [0.25, 0.3) is 0 Å². The van der Waals surface area contributed by atoms with Crippen LogP contribution in [0.15, 0.2) is 18.2 Å². The SMILES string of the molecule is C#C[C@]1(O)CC[C@H]2C3CCc4cc(O)ccc4[C@H]3CCC21C. The molecule has 0 aliphatic heterocycles. The summed E-state index contributed by atoms with van der Waals surface area (Å²) in [5, 5.41) is 20.6. The van der Waals surface area contributed by atoms with Crippen molar-refractivity contribution in [2.24, 2.45) is 17.3 Å². The predicted octanol–water partition coefficient (Wildman–Crippen LogP) is 3.61. The topological polar surface area (TPSA) is 40.5 Å². The zero-order chi connectivity index (χ0) is 15.5. The second kappa shape index (κ2) is 4.52. The molecule has 0 spiro atoms. The van der Waals surface area contributed by atoms with Gasteiger partial charge in [-0.3, -0.25) is 0 Å². The van der Waals surface area contributed by atoms with Gasteiger partial charge in [0.25, 0.3) is 0 Å². The van der Waals surface area contributed by atoms with Gasteiger partial charge in [0, 0.05) is 5.41 Å². The third-order valence-electron chi connectivity index (χ3n) is 7.10. The average molecular weight is 296 g/mol. The Balaban J connectivity index is 1.72. The van der Waals surface area contributed by atoms with Gasteiger partial charge in [-0.25, -0.2) is 0 Å². The van der Waals surface area contributed by atoms with Crippen molar-refractivity contribution in [1.82, 2.24) is 0 Å². The van der Waals surface area contributed by atoms with Gasteiger partial charge in [-0.2, -0.15) is 0 Å². The van der Waals surface area contributed by atoms with Gasteiger partial charge in [-0.05, 0) is 79.5 Å². The van der Waals surface area contributed by atoms with E-state index < -0.39 is 5.60 Å². The minimum Gasteiger partial charge on any atom is -0.508 e. The maximum Gasteiger partial charge on any atom is 0.130 e. The van der Waals surface area contributed by atoms with Gasteiger partial charge >= 0.3 is 0 Å². The molecular formula is C20H24O2. The van der Waals surface area contributed by atoms with Crippen LogP contribution in [-0.2, 0) is 6.42 Å². The predicted molar refractivity (Wildman–Crippen MR) is 86.5 cm³/mol. The first kappa shape index (κ1) is 14.2. The van der Waals surface area contributed by atoms with Crippen LogP contribution in [0.1, 0.15) is 56.1 Å². The molecule has 2 nitrogen and oxygen atoms in total. The zero-order valence-corrected chi connectivity index (χ0v) is 13.2. The van der Waals surface area contributed by atoms with Crippen molar-refractivity contribution >= 4 is 0 Å². The van der Waals surface area contributed by atoms with Crippen molar-refractivity contribution in [2.45, 2.75) is 57.0 Å². The molecule has 5 atom stereocenters. The van der Waals surface area contributed by atoms with Gasteiger partial charge in [0.05, 0.1) is 0 Å². The minimum atomic E-state index is -0.919. The molecule has 1 aromatic carbocycles. The molecule has 2 heteroatoms. The molecule has 4 rings (SSSR count). The highest BCUT2D eigenvalue weighted by Crippen LogP contribution is 2.64. The second-order valence-electron chi connectivity index (χ2n) is 7.80. The summed E-state index contributed by atoms with van der Waals surface area (Å²) in [4.78, 5) is 0. The number of hydrogen-bond donors (Lipinski definition) is 2. The summed E-state index contributed by atoms with van der Waals surface area (Å²) < 4.78 is 0. The van der Waals surface area contributed by atoms with Gasteiger partial charge in [-0.1, -0.05) is 18.9 Å². The van der Waals surface area contributed by atoms with E-state index >= 15 is 0 Å². The lowest BCUT2D eigenvalue weighted by atomic mass is 9.53. The van der Waals surface area contributed by atoms with E-state index in [1.165, 1.54) is 11.1 Å². The van der Waals surface area contributed by atoms with Crippen LogP contribution in [0.3, 0.4) is 0 Å². The monoisotopic (exact) mass is 296 g/mol. The van der Waals surface area contributed by atoms with E-state index in [1.54, 1.807) is 0 Å². The highest BCUT2D eigenvalue weighted by Gasteiger charge is 2.61. The third kappa shape index (κ3) is 1.66. The summed E-state index contributed by atoms with van der Waals surface area (Å²) in [6.45, 7) is 2.22. The summed E-state index contributed by atoms with van der Waals surface area (Å²) >= 11 is 0. The van der Waals surface area contributed by atoms with Crippen LogP contribution < -0.4 is 0 Å². The number of benzene rings is 1. The smallest absolute Gasteiger partial charge is 0.130 e. The second-order valence-corrected chi connectivity index (χ2v) is 7.80. The standard InChI is InChI=1S/C20H24O2/c1-3-20(22)11-9-18-17-6-4-13-12-14(21)5-7-15(13)16(17)8-10-19(18,20)2/h1,5,7,12,16-18,21-22H,4,6,8-11H2,2H3/t16-,17?,18+,19?,20+/m1/s1. The first-order valence-corrected chi connectivity index (χ1v) is 8.50. The van der Waals surface area contributed by atoms with E-state index in [1.807, 2.05) is 12.1 Å². The summed E-state index contributed by atoms with van der Waals surface area (Å²) in [6.07, 6.45) is 11.8. The lowest BCUT2D eigenvalue weighted by Gasteiger charge is -2.52. The number of aryl methyl sites for hydroxylation is 1. The van der Waals surface area contributed by atoms with E-state index in [4.69, 9.17) is 6.42 Å². The Morgan fingerprint density at radius 1 is 1.23 bits per heavy atom. The number of phenolic OH excluding ortho intramolecular Hbond substituents is 1. The highest BCUT2D eigenvalue weighted by molar-refractivity contribution is 5.40. The van der Waals surface area contributed by atoms with E-state index in [0.717, 1.165) is 38.5 Å². The molecule has 0 heterocycles. The minimum absolute atomic E-state index is 0.128. The number of fused-ring (bicyclic) bond motifs is 5. The van der Waals surface area contributed by atoms with Crippen LogP contribution in [0, 0.1) is 29.6 Å². The molecule has 116 valence electrons. The fourth-order valence-corrected chi connectivity index (χ4v) is 5.82. The van der Waals surface area contributed by atoms with Gasteiger partial charge in [0.15, 0.2) is 0 Å². The summed E-state index contributed by atoms with van der Waals surface area (Å²) in [5.41, 5.74) is 1.69. The molecule has 22 heavy (non-hydrogen) atoms. The number of phenols is 1. The van der Waals surface area contributed by atoms with Crippen LogP contribution in [0.5, 0.6) is 5.75 Å². The Labute approximate surface area is 132 Å². The van der Waals surface area contributed by atoms with Crippen molar-refractivity contribution < 1.29 is 10.2 Å². The molecule has 0 bridgehead atoms. The van der Waals surface area contributed by atoms with Crippen molar-refractivity contribution in [3.05, 3.63) is 29.3 Å². The molecule has 2 unspecified atom stereocenters. The Morgan fingerprint density at radius 2 is 2.05 bits per heavy atom. The highest BCUT2D eigenvalue weighted by atomic mass is 16.3. The molecule has 2 N–H and O–H groups in total. The normalized spacial score (nSPS) is 42.9. The van der Waals surface area contributed by atoms with Gasteiger partial charge in [0.1, 0.15) is 11.4 Å². The Hall–Kier alpha value is -1.46. The number of aromatic hydroxyl groups is 1. The molecule has 0 aromatic heterocycles. The van der Waals surface area contributed by atoms with Crippen LogP contribution in [0.2, 0.25) is 0 Å². The lowest BCUT2D eigenvalue weighted by molar-refractivity contribution is -0.0646. The van der Waals surface area contributed by atoms with E-state index in [-0.39, 0.29) is 5.41 Å². The molecule has 0 radical (unpaired) electrons. The molecule has 2 fully saturated rings. The fraction of sp³-hybridized carbons (Fsp3) is 0.600. The largest absolute Gasteiger partial charge is 0.508 e. The molecule has 3 aliphatic carbocycles. The molecule has 0 amide bonds.